The van der Waals surface area contributed by atoms with E-state index >= 15 is 0 Å². The van der Waals surface area contributed by atoms with Crippen molar-refractivity contribution in [2.24, 2.45) is 0 Å². The molecular formula is C17H16Cl2N4O3S. The van der Waals surface area contributed by atoms with Gasteiger partial charge in [-0.2, -0.15) is 0 Å². The summed E-state index contributed by atoms with van der Waals surface area (Å²) in [6.07, 6.45) is 0.685. The number of nitro benzene ring substituents is 1. The number of halogens is 2. The zero-order chi connectivity index (χ0) is 19.8. The molecule has 0 unspecified atom stereocenters. The molecule has 2 aromatic carbocycles. The molecule has 0 aliphatic rings. The minimum atomic E-state index is -0.501. The first-order valence-corrected chi connectivity index (χ1v) is 9.06. The smallest absolute Gasteiger partial charge is 0.271 e. The van der Waals surface area contributed by atoms with Crippen LogP contribution in [0.5, 0.6) is 0 Å². The van der Waals surface area contributed by atoms with Crippen molar-refractivity contribution in [1.29, 1.82) is 0 Å². The Bertz CT molecular complexity index is 847. The van der Waals surface area contributed by atoms with Crippen molar-refractivity contribution in [2.45, 2.75) is 6.42 Å². The van der Waals surface area contributed by atoms with Gasteiger partial charge in [0.2, 0.25) is 0 Å². The first-order valence-electron chi connectivity index (χ1n) is 7.89. The Labute approximate surface area is 171 Å². The maximum Gasteiger partial charge on any atom is 0.271 e. The molecule has 0 saturated carbocycles. The maximum atomic E-state index is 12.0. The number of benzene rings is 2. The largest absolute Gasteiger partial charge is 0.384 e. The molecule has 7 nitrogen and oxygen atoms in total. The van der Waals surface area contributed by atoms with Crippen molar-refractivity contribution in [2.75, 3.05) is 18.4 Å². The van der Waals surface area contributed by atoms with Crippen LogP contribution in [0.3, 0.4) is 0 Å². The maximum absolute atomic E-state index is 12.0. The van der Waals surface area contributed by atoms with Crippen LogP contribution in [-0.4, -0.2) is 29.0 Å². The van der Waals surface area contributed by atoms with Gasteiger partial charge in [-0.05, 0) is 49.0 Å². The summed E-state index contributed by atoms with van der Waals surface area (Å²) in [5.74, 6) is -0.319. The SMILES string of the molecule is O=C(NC(=S)NCCCNc1ccc([N+](=O)[O-])cc1Cl)c1ccc(Cl)cc1. The van der Waals surface area contributed by atoms with Gasteiger partial charge in [0.15, 0.2) is 5.11 Å². The number of hydrogen-bond donors (Lipinski definition) is 3. The van der Waals surface area contributed by atoms with E-state index in [-0.39, 0.29) is 21.7 Å². The van der Waals surface area contributed by atoms with E-state index in [1.807, 2.05) is 0 Å². The summed E-state index contributed by atoms with van der Waals surface area (Å²) in [6, 6.07) is 10.7. The third-order valence-corrected chi connectivity index (χ3v) is 4.26. The summed E-state index contributed by atoms with van der Waals surface area (Å²) >= 11 is 16.9. The van der Waals surface area contributed by atoms with E-state index in [1.165, 1.54) is 12.1 Å². The first-order chi connectivity index (χ1) is 12.9. The van der Waals surface area contributed by atoms with Gasteiger partial charge in [-0.15, -0.1) is 0 Å². The molecule has 142 valence electrons. The van der Waals surface area contributed by atoms with Gasteiger partial charge in [-0.3, -0.25) is 20.2 Å². The predicted molar refractivity (Wildman–Crippen MR) is 111 cm³/mol. The highest BCUT2D eigenvalue weighted by Gasteiger charge is 2.09. The highest BCUT2D eigenvalue weighted by atomic mass is 35.5. The van der Waals surface area contributed by atoms with E-state index in [0.717, 1.165) is 0 Å². The van der Waals surface area contributed by atoms with Gasteiger partial charge in [0, 0.05) is 35.8 Å². The van der Waals surface area contributed by atoms with Crippen LogP contribution < -0.4 is 16.0 Å². The summed E-state index contributed by atoms with van der Waals surface area (Å²) in [4.78, 5) is 22.2. The lowest BCUT2D eigenvalue weighted by atomic mass is 10.2. The number of nitrogens with one attached hydrogen (secondary N) is 3. The Balaban J connectivity index is 1.69. The number of rotatable bonds is 7. The lowest BCUT2D eigenvalue weighted by molar-refractivity contribution is -0.384. The Morgan fingerprint density at radius 1 is 1.11 bits per heavy atom. The molecule has 27 heavy (non-hydrogen) atoms. The standard InChI is InChI=1S/C17H16Cl2N4O3S/c18-12-4-2-11(3-5-12)16(24)22-17(27)21-9-1-8-20-15-7-6-13(23(25)26)10-14(15)19/h2-7,10,20H,1,8-9H2,(H2,21,22,24,27). The van der Waals surface area contributed by atoms with Gasteiger partial charge in [0.25, 0.3) is 11.6 Å². The second kappa shape index (κ2) is 10.1. The number of nitrogens with zero attached hydrogens (tertiary/aromatic N) is 1. The molecule has 0 spiro atoms. The van der Waals surface area contributed by atoms with Crippen molar-refractivity contribution in [3.8, 4) is 0 Å². The van der Waals surface area contributed by atoms with E-state index in [0.29, 0.717) is 35.8 Å². The quantitative estimate of drug-likeness (QED) is 0.268. The van der Waals surface area contributed by atoms with Gasteiger partial charge in [0.1, 0.15) is 0 Å². The number of amides is 1. The number of carbonyl (C=O) groups is 1. The molecule has 0 saturated heterocycles. The molecule has 0 aliphatic carbocycles. The van der Waals surface area contributed by atoms with E-state index in [2.05, 4.69) is 16.0 Å². The fourth-order valence-corrected chi connectivity index (χ4v) is 2.66. The van der Waals surface area contributed by atoms with Gasteiger partial charge in [-0.25, -0.2) is 0 Å². The van der Waals surface area contributed by atoms with Crippen LogP contribution in [0, 0.1) is 10.1 Å². The van der Waals surface area contributed by atoms with Crippen molar-refractivity contribution in [3.05, 3.63) is 68.2 Å². The Hall–Kier alpha value is -2.42. The van der Waals surface area contributed by atoms with Crippen LogP contribution >= 0.6 is 35.4 Å². The fraction of sp³-hybridized carbons (Fsp3) is 0.176. The molecule has 0 radical (unpaired) electrons. The number of carbonyl (C=O) groups excluding carboxylic acids is 1. The molecule has 10 heteroatoms. The van der Waals surface area contributed by atoms with E-state index in [9.17, 15) is 14.9 Å². The van der Waals surface area contributed by atoms with Gasteiger partial charge in [-0.1, -0.05) is 23.2 Å². The normalized spacial score (nSPS) is 10.1. The van der Waals surface area contributed by atoms with Crippen LogP contribution in [0.15, 0.2) is 42.5 Å². The summed E-state index contributed by atoms with van der Waals surface area (Å²) in [6.45, 7) is 1.09. The highest BCUT2D eigenvalue weighted by molar-refractivity contribution is 7.80. The molecule has 0 fully saturated rings. The number of hydrogen-bond acceptors (Lipinski definition) is 5. The van der Waals surface area contributed by atoms with Gasteiger partial charge < -0.3 is 10.6 Å². The van der Waals surface area contributed by atoms with E-state index in [1.54, 1.807) is 30.3 Å². The molecule has 0 bridgehead atoms. The molecular weight excluding hydrogens is 411 g/mol. The van der Waals surface area contributed by atoms with Crippen LogP contribution in [0.25, 0.3) is 0 Å². The molecule has 2 rings (SSSR count). The van der Waals surface area contributed by atoms with Crippen LogP contribution in [0.2, 0.25) is 10.0 Å². The average molecular weight is 427 g/mol. The molecule has 0 heterocycles. The van der Waals surface area contributed by atoms with Crippen molar-refractivity contribution >= 4 is 57.8 Å². The number of thiocarbonyl (C=S) groups is 1. The molecule has 3 N–H and O–H groups in total. The number of anilines is 1. The topological polar surface area (TPSA) is 96.3 Å². The summed E-state index contributed by atoms with van der Waals surface area (Å²) in [5.41, 5.74) is 1.01. The van der Waals surface area contributed by atoms with Crippen molar-refractivity contribution < 1.29 is 9.72 Å². The average Bonchev–Trinajstić information content (AvgIpc) is 2.62. The molecule has 0 aromatic heterocycles. The van der Waals surface area contributed by atoms with Crippen LogP contribution in [-0.2, 0) is 0 Å². The van der Waals surface area contributed by atoms with Gasteiger partial charge in [0.05, 0.1) is 15.6 Å². The molecule has 0 atom stereocenters. The fourth-order valence-electron chi connectivity index (χ4n) is 2.10. The molecule has 1 amide bonds. The highest BCUT2D eigenvalue weighted by Crippen LogP contribution is 2.26. The second-order valence-corrected chi connectivity index (χ2v) is 6.67. The van der Waals surface area contributed by atoms with Crippen LogP contribution in [0.4, 0.5) is 11.4 Å². The lowest BCUT2D eigenvalue weighted by Crippen LogP contribution is -2.39. The third kappa shape index (κ3) is 6.67. The Kier molecular flexibility index (Phi) is 7.78. The Morgan fingerprint density at radius 3 is 2.44 bits per heavy atom. The van der Waals surface area contributed by atoms with Gasteiger partial charge >= 0.3 is 0 Å². The minimum Gasteiger partial charge on any atom is -0.384 e. The zero-order valence-corrected chi connectivity index (χ0v) is 16.3. The number of non-ortho nitro benzene ring substituents is 1. The monoisotopic (exact) mass is 426 g/mol. The van der Waals surface area contributed by atoms with Crippen molar-refractivity contribution in [3.63, 3.8) is 0 Å². The molecule has 2 aromatic rings. The van der Waals surface area contributed by atoms with Crippen LogP contribution in [0.1, 0.15) is 16.8 Å². The molecule has 0 aliphatic heterocycles. The zero-order valence-electron chi connectivity index (χ0n) is 14.0. The predicted octanol–water partition coefficient (Wildman–Crippen LogP) is 4.01. The minimum absolute atomic E-state index is 0.0611. The van der Waals surface area contributed by atoms with E-state index < -0.39 is 4.92 Å². The van der Waals surface area contributed by atoms with Crippen molar-refractivity contribution in [1.82, 2.24) is 10.6 Å². The second-order valence-electron chi connectivity index (χ2n) is 5.42. The summed E-state index contributed by atoms with van der Waals surface area (Å²) in [5, 5.41) is 20.3. The summed E-state index contributed by atoms with van der Waals surface area (Å²) < 4.78 is 0. The van der Waals surface area contributed by atoms with E-state index in [4.69, 9.17) is 35.4 Å². The lowest BCUT2D eigenvalue weighted by Gasteiger charge is -2.11. The summed E-state index contributed by atoms with van der Waals surface area (Å²) in [7, 11) is 0. The Morgan fingerprint density at radius 2 is 1.81 bits per heavy atom. The third-order valence-electron chi connectivity index (χ3n) is 3.45. The number of nitro groups is 1. The first kappa shape index (κ1) is 20.9.